The average Bonchev–Trinajstić information content (AvgIpc) is 2.69. The van der Waals surface area contributed by atoms with E-state index in [2.05, 4.69) is 0 Å². The lowest BCUT2D eigenvalue weighted by atomic mass is 10.0. The smallest absolute Gasteiger partial charge is 0.334 e. The molecule has 0 amide bonds. The summed E-state index contributed by atoms with van der Waals surface area (Å²) >= 11 is 0. The summed E-state index contributed by atoms with van der Waals surface area (Å²) in [7, 11) is 0. The summed E-state index contributed by atoms with van der Waals surface area (Å²) in [5.74, 6) is -1.02. The molecule has 6 nitrogen and oxygen atoms in total. The van der Waals surface area contributed by atoms with Gasteiger partial charge in [0.2, 0.25) is 5.88 Å². The largest absolute Gasteiger partial charge is 0.494 e. The molecule has 2 aromatic carbocycles. The molecule has 29 heavy (non-hydrogen) atoms. The Morgan fingerprint density at radius 3 is 1.83 bits per heavy atom. The first-order valence-corrected chi connectivity index (χ1v) is 9.56. The van der Waals surface area contributed by atoms with Gasteiger partial charge in [-0.3, -0.25) is 18.7 Å². The molecule has 0 unspecified atom stereocenters. The number of aromatic nitrogens is 2. The van der Waals surface area contributed by atoms with E-state index in [0.717, 1.165) is 20.3 Å². The van der Waals surface area contributed by atoms with E-state index in [9.17, 15) is 19.5 Å². The molecule has 0 saturated carbocycles. The topological polar surface area (TPSA) is 81.3 Å². The lowest BCUT2D eigenvalue weighted by Crippen LogP contribution is -2.43. The third-order valence-corrected chi connectivity index (χ3v) is 4.64. The molecule has 0 aliphatic heterocycles. The van der Waals surface area contributed by atoms with Gasteiger partial charge in [-0.15, -0.1) is 0 Å². The van der Waals surface area contributed by atoms with Crippen molar-refractivity contribution in [2.75, 3.05) is 0 Å². The van der Waals surface area contributed by atoms with Gasteiger partial charge in [0.15, 0.2) is 5.78 Å². The van der Waals surface area contributed by atoms with Crippen molar-refractivity contribution in [1.29, 1.82) is 0 Å². The summed E-state index contributed by atoms with van der Waals surface area (Å²) in [5.41, 5.74) is -0.208. The number of rotatable bonds is 7. The fourth-order valence-electron chi connectivity index (χ4n) is 3.22. The van der Waals surface area contributed by atoms with Crippen molar-refractivity contribution in [2.24, 2.45) is 5.92 Å². The highest BCUT2D eigenvalue weighted by Crippen LogP contribution is 2.17. The second kappa shape index (κ2) is 8.73. The molecule has 0 aliphatic carbocycles. The zero-order valence-corrected chi connectivity index (χ0v) is 16.5. The Kier molecular flexibility index (Phi) is 6.12. The van der Waals surface area contributed by atoms with Crippen LogP contribution in [0.4, 0.5) is 0 Å². The van der Waals surface area contributed by atoms with Crippen molar-refractivity contribution in [2.45, 2.75) is 33.4 Å². The van der Waals surface area contributed by atoms with Crippen LogP contribution in [0.15, 0.2) is 70.3 Å². The van der Waals surface area contributed by atoms with E-state index < -0.39 is 22.9 Å². The van der Waals surface area contributed by atoms with Crippen LogP contribution in [0.25, 0.3) is 0 Å². The molecule has 0 radical (unpaired) electrons. The highest BCUT2D eigenvalue weighted by Gasteiger charge is 2.24. The summed E-state index contributed by atoms with van der Waals surface area (Å²) in [6, 6.07) is 18.2. The van der Waals surface area contributed by atoms with Gasteiger partial charge in [-0.2, -0.15) is 0 Å². The molecule has 0 atom stereocenters. The molecule has 1 N–H and O–H groups in total. The highest BCUT2D eigenvalue weighted by molar-refractivity contribution is 5.97. The summed E-state index contributed by atoms with van der Waals surface area (Å²) < 4.78 is 2.11. The lowest BCUT2D eigenvalue weighted by molar-refractivity contribution is 0.0960. The Balaban J connectivity index is 2.19. The zero-order valence-electron chi connectivity index (χ0n) is 16.5. The van der Waals surface area contributed by atoms with Crippen LogP contribution in [0.1, 0.15) is 41.8 Å². The first-order chi connectivity index (χ1) is 13.9. The molecule has 1 aromatic heterocycles. The Morgan fingerprint density at radius 1 is 0.862 bits per heavy atom. The molecule has 150 valence electrons. The monoisotopic (exact) mass is 392 g/mol. The molecule has 0 aliphatic rings. The minimum Gasteiger partial charge on any atom is -0.494 e. The van der Waals surface area contributed by atoms with Crippen molar-refractivity contribution in [3.05, 3.63) is 98.2 Å². The van der Waals surface area contributed by atoms with Gasteiger partial charge >= 0.3 is 5.69 Å². The van der Waals surface area contributed by atoms with Crippen LogP contribution in [-0.2, 0) is 13.1 Å². The van der Waals surface area contributed by atoms with Gasteiger partial charge in [0.1, 0.15) is 5.56 Å². The Hall–Kier alpha value is -3.41. The summed E-state index contributed by atoms with van der Waals surface area (Å²) in [6.07, 6.45) is 0.109. The molecular formula is C23H24N2O4. The fourth-order valence-corrected chi connectivity index (χ4v) is 3.22. The van der Waals surface area contributed by atoms with E-state index in [1.54, 1.807) is 12.1 Å². The average molecular weight is 392 g/mol. The van der Waals surface area contributed by atoms with Crippen LogP contribution in [0, 0.1) is 5.92 Å². The number of carbonyl (C=O) groups excluding carboxylic acids is 1. The molecule has 6 heteroatoms. The van der Waals surface area contributed by atoms with Crippen molar-refractivity contribution in [1.82, 2.24) is 9.13 Å². The van der Waals surface area contributed by atoms with Gasteiger partial charge in [0.25, 0.3) is 5.56 Å². The van der Waals surface area contributed by atoms with E-state index in [0.29, 0.717) is 0 Å². The van der Waals surface area contributed by atoms with Crippen LogP contribution in [-0.4, -0.2) is 20.0 Å². The number of benzene rings is 2. The van der Waals surface area contributed by atoms with Crippen molar-refractivity contribution in [3.63, 3.8) is 0 Å². The maximum absolute atomic E-state index is 13.1. The third-order valence-electron chi connectivity index (χ3n) is 4.64. The number of Topliss-reactive ketones (excluding diaryl/α,β-unsaturated/α-hetero) is 1. The molecule has 3 rings (SSSR count). The Morgan fingerprint density at radius 2 is 1.34 bits per heavy atom. The van der Waals surface area contributed by atoms with Gasteiger partial charge in [-0.05, 0) is 17.0 Å². The number of carbonyl (C=O) groups is 1. The second-order valence-electron chi connectivity index (χ2n) is 7.45. The molecular weight excluding hydrogens is 368 g/mol. The number of aromatic hydroxyl groups is 1. The number of hydrogen-bond acceptors (Lipinski definition) is 4. The SMILES string of the molecule is CC(C)CC(=O)c1c(O)n(Cc2ccccc2)c(=O)n(Cc2ccccc2)c1=O. The van der Waals surface area contributed by atoms with Crippen LogP contribution < -0.4 is 11.2 Å². The normalized spacial score (nSPS) is 11.0. The molecule has 0 fully saturated rings. The molecule has 1 heterocycles. The number of hydrogen-bond donors (Lipinski definition) is 1. The molecule has 0 saturated heterocycles. The first-order valence-electron chi connectivity index (χ1n) is 9.56. The van der Waals surface area contributed by atoms with Gasteiger partial charge in [-0.1, -0.05) is 74.5 Å². The highest BCUT2D eigenvalue weighted by atomic mass is 16.3. The summed E-state index contributed by atoms with van der Waals surface area (Å²) in [5, 5.41) is 10.7. The standard InChI is InChI=1S/C23H24N2O4/c1-16(2)13-19(26)20-21(27)24(14-17-9-5-3-6-10-17)23(29)25(22(20)28)15-18-11-7-4-8-12-18/h3-12,16,27H,13-15H2,1-2H3. The van der Waals surface area contributed by atoms with Crippen LogP contribution in [0.5, 0.6) is 5.88 Å². The van der Waals surface area contributed by atoms with E-state index in [1.165, 1.54) is 0 Å². The van der Waals surface area contributed by atoms with Crippen molar-refractivity contribution in [3.8, 4) is 5.88 Å². The zero-order chi connectivity index (χ0) is 21.0. The Labute approximate surface area is 168 Å². The van der Waals surface area contributed by atoms with Crippen molar-refractivity contribution >= 4 is 5.78 Å². The number of ketones is 1. The van der Waals surface area contributed by atoms with E-state index >= 15 is 0 Å². The lowest BCUT2D eigenvalue weighted by Gasteiger charge is -2.16. The summed E-state index contributed by atoms with van der Waals surface area (Å²) in [6.45, 7) is 3.80. The van der Waals surface area contributed by atoms with E-state index in [-0.39, 0.29) is 31.0 Å². The van der Waals surface area contributed by atoms with Crippen LogP contribution >= 0.6 is 0 Å². The Bertz CT molecular complexity index is 1110. The van der Waals surface area contributed by atoms with Gasteiger partial charge in [-0.25, -0.2) is 4.79 Å². The maximum atomic E-state index is 13.1. The quantitative estimate of drug-likeness (QED) is 0.627. The first kappa shape index (κ1) is 20.3. The molecule has 0 bridgehead atoms. The van der Waals surface area contributed by atoms with Gasteiger partial charge in [0.05, 0.1) is 13.1 Å². The second-order valence-corrected chi connectivity index (χ2v) is 7.45. The van der Waals surface area contributed by atoms with Gasteiger partial charge < -0.3 is 5.11 Å². The predicted octanol–water partition coefficient (Wildman–Crippen LogP) is 3.04. The summed E-state index contributed by atoms with van der Waals surface area (Å²) in [4.78, 5) is 38.8. The van der Waals surface area contributed by atoms with E-state index in [1.807, 2.05) is 62.4 Å². The van der Waals surface area contributed by atoms with Crippen molar-refractivity contribution < 1.29 is 9.90 Å². The maximum Gasteiger partial charge on any atom is 0.334 e. The fraction of sp³-hybridized carbons (Fsp3) is 0.261. The van der Waals surface area contributed by atoms with E-state index in [4.69, 9.17) is 0 Å². The predicted molar refractivity (Wildman–Crippen MR) is 112 cm³/mol. The third kappa shape index (κ3) is 4.54. The van der Waals surface area contributed by atoms with Crippen LogP contribution in [0.2, 0.25) is 0 Å². The molecule has 3 aromatic rings. The van der Waals surface area contributed by atoms with Gasteiger partial charge in [0, 0.05) is 6.42 Å². The minimum absolute atomic E-state index is 0.0124. The molecule has 0 spiro atoms. The number of nitrogens with zero attached hydrogens (tertiary/aromatic N) is 2. The minimum atomic E-state index is -0.758. The van der Waals surface area contributed by atoms with Crippen LogP contribution in [0.3, 0.4) is 0 Å².